The standard InChI is InChI=1S/C39H72BrN5O13/c40-18-24-58-44-20-19-41-36(48)31-56-29-28-55-26-22-43-37(49)32-57-30-27-54-25-21-42-35(47)17-16-34(39(52)53)45-33(14-10-6-7-11-15-38(50)51)13-9-5-3-1-2-4-8-12-23-46/h23,33-34,44-45H,1-22,24-32H2,(H,41,48)(H,42,47)(H,43,49)(H,50,51)(H,52,53)/t33?,34-/m0/s1. The van der Waals surface area contributed by atoms with Gasteiger partial charge in [-0.3, -0.25) is 24.0 Å². The van der Waals surface area contributed by atoms with Crippen LogP contribution in [0, 0.1) is 0 Å². The second-order valence-electron chi connectivity index (χ2n) is 13.7. The van der Waals surface area contributed by atoms with Crippen molar-refractivity contribution in [3.63, 3.8) is 0 Å². The van der Waals surface area contributed by atoms with Crippen molar-refractivity contribution in [1.82, 2.24) is 26.7 Å². The Labute approximate surface area is 352 Å². The van der Waals surface area contributed by atoms with E-state index < -0.39 is 18.0 Å². The van der Waals surface area contributed by atoms with Gasteiger partial charge in [0.15, 0.2) is 0 Å². The number of rotatable bonds is 45. The van der Waals surface area contributed by atoms with E-state index in [1.165, 1.54) is 0 Å². The van der Waals surface area contributed by atoms with Crippen LogP contribution in [0.5, 0.6) is 0 Å². The molecule has 0 rings (SSSR count). The number of unbranched alkanes of at least 4 members (excludes halogenated alkanes) is 10. The van der Waals surface area contributed by atoms with Crippen molar-refractivity contribution in [2.45, 2.75) is 121 Å². The predicted molar refractivity (Wildman–Crippen MR) is 221 cm³/mol. The quantitative estimate of drug-likeness (QED) is 0.0201. The van der Waals surface area contributed by atoms with Crippen LogP contribution in [-0.4, -0.2) is 149 Å². The van der Waals surface area contributed by atoms with E-state index in [0.29, 0.717) is 32.5 Å². The zero-order chi connectivity index (χ0) is 42.7. The number of aliphatic carboxylic acids is 2. The molecular formula is C39H72BrN5O13. The fraction of sp³-hybridized carbons (Fsp3) is 0.846. The molecule has 7 N–H and O–H groups in total. The molecule has 0 aliphatic carbocycles. The van der Waals surface area contributed by atoms with Gasteiger partial charge in [-0.25, -0.2) is 5.48 Å². The maximum absolute atomic E-state index is 12.5. The van der Waals surface area contributed by atoms with Gasteiger partial charge in [-0.2, -0.15) is 0 Å². The summed E-state index contributed by atoms with van der Waals surface area (Å²) in [6.45, 7) is 3.14. The van der Waals surface area contributed by atoms with Crippen LogP contribution in [0.3, 0.4) is 0 Å². The Morgan fingerprint density at radius 1 is 0.552 bits per heavy atom. The molecule has 0 aromatic carbocycles. The number of amides is 3. The Kier molecular flexibility index (Phi) is 40.3. The van der Waals surface area contributed by atoms with E-state index in [0.717, 1.165) is 88.7 Å². The molecule has 0 aromatic rings. The lowest BCUT2D eigenvalue weighted by Crippen LogP contribution is -2.44. The molecule has 0 saturated carbocycles. The van der Waals surface area contributed by atoms with Crippen molar-refractivity contribution in [2.75, 3.05) is 91.0 Å². The molecule has 0 radical (unpaired) electrons. The minimum Gasteiger partial charge on any atom is -0.481 e. The summed E-state index contributed by atoms with van der Waals surface area (Å²) in [7, 11) is 0. The number of carbonyl (C=O) groups excluding carboxylic acids is 4. The van der Waals surface area contributed by atoms with Gasteiger partial charge in [0.05, 0.1) is 46.2 Å². The first-order valence-corrected chi connectivity index (χ1v) is 22.0. The third kappa shape index (κ3) is 40.0. The first-order valence-electron chi connectivity index (χ1n) is 20.9. The van der Waals surface area contributed by atoms with Gasteiger partial charge in [-0.1, -0.05) is 73.7 Å². The Morgan fingerprint density at radius 3 is 1.62 bits per heavy atom. The number of hydroxylamine groups is 1. The van der Waals surface area contributed by atoms with Crippen LogP contribution in [0.1, 0.15) is 109 Å². The highest BCUT2D eigenvalue weighted by atomic mass is 79.9. The SMILES string of the molecule is O=CCCCCCCCCCC(CCCCCCC(=O)O)N[C@@H](CCC(=O)NCCOCCOCC(=O)NCCOCCOCC(=O)NCCNOCCBr)C(=O)O. The van der Waals surface area contributed by atoms with Gasteiger partial charge >= 0.3 is 11.9 Å². The molecule has 0 fully saturated rings. The van der Waals surface area contributed by atoms with Crippen LogP contribution in [-0.2, 0) is 52.6 Å². The summed E-state index contributed by atoms with van der Waals surface area (Å²) >= 11 is 3.24. The molecule has 2 atom stereocenters. The second-order valence-corrected chi connectivity index (χ2v) is 14.5. The number of carboxylic acids is 2. The van der Waals surface area contributed by atoms with Gasteiger partial charge < -0.3 is 60.1 Å². The van der Waals surface area contributed by atoms with Crippen LogP contribution in [0.25, 0.3) is 0 Å². The molecule has 0 spiro atoms. The zero-order valence-corrected chi connectivity index (χ0v) is 36.0. The number of alkyl halides is 1. The number of nitrogens with one attached hydrogen (secondary N) is 5. The summed E-state index contributed by atoms with van der Waals surface area (Å²) in [4.78, 5) is 74.4. The van der Waals surface area contributed by atoms with Gasteiger partial charge in [-0.15, -0.1) is 0 Å². The van der Waals surface area contributed by atoms with Gasteiger partial charge in [0.2, 0.25) is 17.7 Å². The molecule has 18 nitrogen and oxygen atoms in total. The fourth-order valence-corrected chi connectivity index (χ4v) is 5.75. The van der Waals surface area contributed by atoms with E-state index >= 15 is 0 Å². The van der Waals surface area contributed by atoms with E-state index in [-0.39, 0.29) is 109 Å². The highest BCUT2D eigenvalue weighted by molar-refractivity contribution is 9.09. The summed E-state index contributed by atoms with van der Waals surface area (Å²) in [5.41, 5.74) is 2.71. The van der Waals surface area contributed by atoms with E-state index in [2.05, 4.69) is 42.7 Å². The summed E-state index contributed by atoms with van der Waals surface area (Å²) < 4.78 is 21.4. The molecule has 3 amide bonds. The van der Waals surface area contributed by atoms with E-state index in [1.807, 2.05) is 0 Å². The number of aldehydes is 1. The van der Waals surface area contributed by atoms with Gasteiger partial charge in [0.1, 0.15) is 25.5 Å². The van der Waals surface area contributed by atoms with Crippen LogP contribution < -0.4 is 26.7 Å². The first-order chi connectivity index (χ1) is 28.2. The third-order valence-corrected chi connectivity index (χ3v) is 8.96. The van der Waals surface area contributed by atoms with E-state index in [1.54, 1.807) is 0 Å². The molecule has 0 heterocycles. The highest BCUT2D eigenvalue weighted by Crippen LogP contribution is 2.16. The average molecular weight is 899 g/mol. The smallest absolute Gasteiger partial charge is 0.320 e. The Bertz CT molecular complexity index is 1060. The maximum Gasteiger partial charge on any atom is 0.320 e. The van der Waals surface area contributed by atoms with Gasteiger partial charge in [0, 0.05) is 56.8 Å². The van der Waals surface area contributed by atoms with E-state index in [4.69, 9.17) is 28.9 Å². The van der Waals surface area contributed by atoms with Crippen LogP contribution in [0.4, 0.5) is 0 Å². The number of hydrogen-bond acceptors (Lipinski definition) is 13. The second kappa shape index (κ2) is 42.3. The lowest BCUT2D eigenvalue weighted by Gasteiger charge is -2.24. The molecule has 0 aromatic heterocycles. The fourth-order valence-electron chi connectivity index (χ4n) is 5.59. The van der Waals surface area contributed by atoms with Crippen molar-refractivity contribution in [1.29, 1.82) is 0 Å². The molecule has 0 aliphatic rings. The zero-order valence-electron chi connectivity index (χ0n) is 34.4. The van der Waals surface area contributed by atoms with Crippen molar-refractivity contribution < 1.29 is 62.8 Å². The summed E-state index contributed by atoms with van der Waals surface area (Å²) in [6.07, 6.45) is 14.0. The Morgan fingerprint density at radius 2 is 1.07 bits per heavy atom. The number of halogens is 1. The van der Waals surface area contributed by atoms with Crippen LogP contribution >= 0.6 is 15.9 Å². The minimum absolute atomic E-state index is 0.0140. The van der Waals surface area contributed by atoms with Crippen LogP contribution in [0.15, 0.2) is 0 Å². The number of carboxylic acid groups (broad SMARTS) is 2. The highest BCUT2D eigenvalue weighted by Gasteiger charge is 2.22. The molecule has 58 heavy (non-hydrogen) atoms. The summed E-state index contributed by atoms with van der Waals surface area (Å²) in [5.74, 6) is -2.62. The molecule has 0 saturated heterocycles. The average Bonchev–Trinajstić information content (AvgIpc) is 3.19. The topological polar surface area (TPSA) is 249 Å². The molecule has 0 aliphatic heterocycles. The van der Waals surface area contributed by atoms with Crippen molar-refractivity contribution in [2.24, 2.45) is 0 Å². The molecule has 1 unspecified atom stereocenters. The van der Waals surface area contributed by atoms with Crippen molar-refractivity contribution in [3.8, 4) is 0 Å². The molecule has 0 bridgehead atoms. The Balaban J connectivity index is 4.08. The summed E-state index contributed by atoms with van der Waals surface area (Å²) in [6, 6.07) is -0.882. The monoisotopic (exact) mass is 897 g/mol. The Hall–Kier alpha value is -2.78. The lowest BCUT2D eigenvalue weighted by atomic mass is 9.98. The number of hydrogen-bond donors (Lipinski definition) is 7. The molecular weight excluding hydrogens is 826 g/mol. The van der Waals surface area contributed by atoms with Crippen LogP contribution in [0.2, 0.25) is 0 Å². The molecule has 338 valence electrons. The van der Waals surface area contributed by atoms with Crippen molar-refractivity contribution in [3.05, 3.63) is 0 Å². The third-order valence-electron chi connectivity index (χ3n) is 8.64. The van der Waals surface area contributed by atoms with Gasteiger partial charge in [0.25, 0.3) is 0 Å². The van der Waals surface area contributed by atoms with Crippen molar-refractivity contribution >= 4 is 51.9 Å². The number of carbonyl (C=O) groups is 6. The lowest BCUT2D eigenvalue weighted by molar-refractivity contribution is -0.140. The summed E-state index contributed by atoms with van der Waals surface area (Å²) in [5, 5.41) is 30.9. The van der Waals surface area contributed by atoms with E-state index in [9.17, 15) is 33.9 Å². The largest absolute Gasteiger partial charge is 0.481 e. The maximum atomic E-state index is 12.5. The van der Waals surface area contributed by atoms with Gasteiger partial charge in [-0.05, 0) is 32.1 Å². The minimum atomic E-state index is -1.00. The normalized spacial score (nSPS) is 12.2. The molecule has 19 heteroatoms. The number of ether oxygens (including phenoxy) is 4. The predicted octanol–water partition coefficient (Wildman–Crippen LogP) is 2.64. The first kappa shape index (κ1) is 55.2.